The van der Waals surface area contributed by atoms with E-state index in [0.29, 0.717) is 6.29 Å². The van der Waals surface area contributed by atoms with Crippen LogP contribution in [0.25, 0.3) is 0 Å². The van der Waals surface area contributed by atoms with Crippen molar-refractivity contribution >= 4 is 16.1 Å². The SMILES string of the molecule is CO[C@H]1O[C@H](COC(c2ccccc2)(c2ccccc2)c2ccccc2)[C@@H](S(=O)(=O)c2ccc(C)cc2)[C@H](C=O)[C@H]1OCc1ccccc1. The van der Waals surface area contributed by atoms with Crippen LogP contribution in [0.3, 0.4) is 0 Å². The van der Waals surface area contributed by atoms with Crippen molar-refractivity contribution in [3.8, 4) is 0 Å². The first kappa shape index (κ1) is 34.4. The van der Waals surface area contributed by atoms with Gasteiger partial charge in [-0.25, -0.2) is 8.42 Å². The molecule has 0 aliphatic carbocycles. The van der Waals surface area contributed by atoms with Gasteiger partial charge in [0.15, 0.2) is 16.1 Å². The zero-order chi connectivity index (χ0) is 34.3. The normalized spacial score (nSPS) is 21.2. The molecule has 0 unspecified atom stereocenters. The third-order valence-electron chi connectivity index (χ3n) is 9.09. The number of ether oxygens (including phenoxy) is 4. The first-order valence-electron chi connectivity index (χ1n) is 16.3. The van der Waals surface area contributed by atoms with E-state index >= 15 is 0 Å². The van der Waals surface area contributed by atoms with E-state index in [9.17, 15) is 13.2 Å². The molecule has 252 valence electrons. The molecule has 0 spiro atoms. The summed E-state index contributed by atoms with van der Waals surface area (Å²) in [6.45, 7) is 1.83. The van der Waals surface area contributed by atoms with Gasteiger partial charge in [0.2, 0.25) is 0 Å². The molecule has 6 rings (SSSR count). The van der Waals surface area contributed by atoms with Crippen molar-refractivity contribution in [1.82, 2.24) is 0 Å². The van der Waals surface area contributed by atoms with E-state index < -0.39 is 45.1 Å². The van der Waals surface area contributed by atoms with Crippen LogP contribution in [0, 0.1) is 12.8 Å². The average molecular weight is 677 g/mol. The molecule has 5 aromatic carbocycles. The third kappa shape index (κ3) is 7.15. The van der Waals surface area contributed by atoms with Gasteiger partial charge in [-0.3, -0.25) is 0 Å². The number of carbonyl (C=O) groups is 1. The van der Waals surface area contributed by atoms with Crippen LogP contribution >= 0.6 is 0 Å². The van der Waals surface area contributed by atoms with Gasteiger partial charge >= 0.3 is 0 Å². The van der Waals surface area contributed by atoms with E-state index in [1.54, 1.807) is 24.3 Å². The van der Waals surface area contributed by atoms with Gasteiger partial charge in [0.25, 0.3) is 0 Å². The van der Waals surface area contributed by atoms with E-state index in [0.717, 1.165) is 27.8 Å². The summed E-state index contributed by atoms with van der Waals surface area (Å²) in [6, 6.07) is 45.5. The van der Waals surface area contributed by atoms with Gasteiger partial charge in [-0.2, -0.15) is 0 Å². The summed E-state index contributed by atoms with van der Waals surface area (Å²) >= 11 is 0. The Labute approximate surface area is 288 Å². The molecule has 7 nitrogen and oxygen atoms in total. The van der Waals surface area contributed by atoms with Crippen molar-refractivity contribution < 1.29 is 32.2 Å². The summed E-state index contributed by atoms with van der Waals surface area (Å²) in [5.41, 5.74) is 3.17. The maximum Gasteiger partial charge on any atom is 0.184 e. The van der Waals surface area contributed by atoms with Gasteiger partial charge in [-0.1, -0.05) is 139 Å². The minimum atomic E-state index is -4.17. The molecule has 1 aliphatic heterocycles. The summed E-state index contributed by atoms with van der Waals surface area (Å²) in [5, 5.41) is -1.35. The van der Waals surface area contributed by atoms with Crippen molar-refractivity contribution in [1.29, 1.82) is 0 Å². The van der Waals surface area contributed by atoms with Crippen molar-refractivity contribution in [3.05, 3.63) is 173 Å². The number of carbonyl (C=O) groups excluding carboxylic acids is 1. The maximum atomic E-state index is 14.6. The second kappa shape index (κ2) is 15.4. The lowest BCUT2D eigenvalue weighted by atomic mass is 9.80. The van der Waals surface area contributed by atoms with Crippen molar-refractivity contribution in [2.75, 3.05) is 13.7 Å². The molecule has 0 aromatic heterocycles. The summed E-state index contributed by atoms with van der Waals surface area (Å²) < 4.78 is 54.9. The second-order valence-electron chi connectivity index (χ2n) is 12.2. The fraction of sp³-hybridized carbons (Fsp3) is 0.244. The van der Waals surface area contributed by atoms with Gasteiger partial charge in [-0.05, 0) is 41.3 Å². The molecule has 0 radical (unpaired) electrons. The van der Waals surface area contributed by atoms with Crippen LogP contribution in [0.4, 0.5) is 0 Å². The Kier molecular flexibility index (Phi) is 10.8. The van der Waals surface area contributed by atoms with Gasteiger partial charge in [-0.15, -0.1) is 0 Å². The zero-order valence-corrected chi connectivity index (χ0v) is 28.3. The van der Waals surface area contributed by atoms with E-state index in [2.05, 4.69) is 0 Å². The van der Waals surface area contributed by atoms with Crippen LogP contribution in [-0.2, 0) is 45.8 Å². The van der Waals surface area contributed by atoms with Gasteiger partial charge in [0.05, 0.1) is 24.0 Å². The molecule has 0 saturated carbocycles. The number of hydrogen-bond donors (Lipinski definition) is 0. The minimum absolute atomic E-state index is 0.0849. The summed E-state index contributed by atoms with van der Waals surface area (Å²) in [7, 11) is -2.71. The molecule has 0 bridgehead atoms. The molecule has 5 atom stereocenters. The average Bonchev–Trinajstić information content (AvgIpc) is 3.15. The highest BCUT2D eigenvalue weighted by atomic mass is 32.2. The lowest BCUT2D eigenvalue weighted by molar-refractivity contribution is -0.263. The quantitative estimate of drug-likeness (QED) is 0.0989. The predicted molar refractivity (Wildman–Crippen MR) is 188 cm³/mol. The van der Waals surface area contributed by atoms with Gasteiger partial charge < -0.3 is 23.7 Å². The van der Waals surface area contributed by atoms with Crippen LogP contribution in [0.2, 0.25) is 0 Å². The molecule has 0 amide bonds. The fourth-order valence-electron chi connectivity index (χ4n) is 6.65. The second-order valence-corrected chi connectivity index (χ2v) is 14.3. The first-order valence-corrected chi connectivity index (χ1v) is 17.8. The highest BCUT2D eigenvalue weighted by molar-refractivity contribution is 7.92. The summed E-state index contributed by atoms with van der Waals surface area (Å²) in [6.07, 6.45) is -2.51. The number of aldehydes is 1. The largest absolute Gasteiger partial charge is 0.367 e. The summed E-state index contributed by atoms with van der Waals surface area (Å²) in [5.74, 6) is -1.14. The van der Waals surface area contributed by atoms with Gasteiger partial charge in [0.1, 0.15) is 29.3 Å². The number of hydrogen-bond acceptors (Lipinski definition) is 7. The number of rotatable bonds is 13. The summed E-state index contributed by atoms with van der Waals surface area (Å²) in [4.78, 5) is 13.2. The monoisotopic (exact) mass is 676 g/mol. The highest BCUT2D eigenvalue weighted by Gasteiger charge is 2.54. The Hall–Kier alpha value is -4.44. The number of benzene rings is 5. The number of methoxy groups -OCH3 is 1. The predicted octanol–water partition coefficient (Wildman–Crippen LogP) is 6.92. The molecule has 1 heterocycles. The van der Waals surface area contributed by atoms with Crippen LogP contribution in [0.5, 0.6) is 0 Å². The van der Waals surface area contributed by atoms with Gasteiger partial charge in [0, 0.05) is 7.11 Å². The maximum absolute atomic E-state index is 14.6. The number of aryl methyl sites for hydroxylation is 1. The smallest absolute Gasteiger partial charge is 0.184 e. The zero-order valence-electron chi connectivity index (χ0n) is 27.5. The third-order valence-corrected chi connectivity index (χ3v) is 11.4. The molecule has 1 saturated heterocycles. The Bertz CT molecular complexity index is 1790. The highest BCUT2D eigenvalue weighted by Crippen LogP contribution is 2.42. The first-order chi connectivity index (χ1) is 23.9. The number of sulfone groups is 1. The topological polar surface area (TPSA) is 88.1 Å². The molecule has 1 fully saturated rings. The molecule has 49 heavy (non-hydrogen) atoms. The van der Waals surface area contributed by atoms with Crippen LogP contribution in [-0.4, -0.2) is 52.2 Å². The van der Waals surface area contributed by atoms with Crippen molar-refractivity contribution in [3.63, 3.8) is 0 Å². The van der Waals surface area contributed by atoms with Crippen molar-refractivity contribution in [2.24, 2.45) is 5.92 Å². The lowest BCUT2D eigenvalue weighted by Crippen LogP contribution is -2.60. The molecule has 1 aliphatic rings. The molecule has 5 aromatic rings. The van der Waals surface area contributed by atoms with Crippen LogP contribution < -0.4 is 0 Å². The lowest BCUT2D eigenvalue weighted by Gasteiger charge is -2.45. The Balaban J connectivity index is 1.45. The van der Waals surface area contributed by atoms with Crippen molar-refractivity contribution in [2.45, 2.75) is 47.8 Å². The molecular formula is C41H40O7S. The van der Waals surface area contributed by atoms with E-state index in [1.807, 2.05) is 128 Å². The molecule has 0 N–H and O–H groups in total. The molecule has 8 heteroatoms. The molecular weight excluding hydrogens is 637 g/mol. The van der Waals surface area contributed by atoms with Crippen LogP contribution in [0.1, 0.15) is 27.8 Å². The Morgan fingerprint density at radius 2 is 1.20 bits per heavy atom. The van der Waals surface area contributed by atoms with Crippen LogP contribution in [0.15, 0.2) is 150 Å². The minimum Gasteiger partial charge on any atom is -0.367 e. The fourth-order valence-corrected chi connectivity index (χ4v) is 8.65. The standard InChI is InChI=1S/C41H40O7S/c1-30-23-25-35(26-24-30)49(43,44)39-36(27-42)38(46-28-31-15-7-3-8-16-31)40(45-2)48-37(39)29-47-41(32-17-9-4-10-18-32,33-19-11-5-12-20-33)34-21-13-6-14-22-34/h3-27,36-40H,28-29H2,1-2H3/t36-,37-,38-,39+,40+/m1/s1. The Morgan fingerprint density at radius 1 is 0.714 bits per heavy atom. The van der Waals surface area contributed by atoms with E-state index in [4.69, 9.17) is 18.9 Å². The Morgan fingerprint density at radius 3 is 1.67 bits per heavy atom. The van der Waals surface area contributed by atoms with E-state index in [1.165, 1.54) is 7.11 Å². The van der Waals surface area contributed by atoms with E-state index in [-0.39, 0.29) is 18.1 Å².